The van der Waals surface area contributed by atoms with Gasteiger partial charge in [-0.25, -0.2) is 9.48 Å². The highest BCUT2D eigenvalue weighted by atomic mass is 16.4. The maximum absolute atomic E-state index is 11.4. The Morgan fingerprint density at radius 3 is 2.76 bits per heavy atom. The number of rotatable bonds is 5. The number of carboxylic acid groups (broad SMARTS) is 1. The molecule has 1 heterocycles. The van der Waals surface area contributed by atoms with Gasteiger partial charge in [0.15, 0.2) is 5.69 Å². The van der Waals surface area contributed by atoms with E-state index in [1.54, 1.807) is 6.92 Å². The first kappa shape index (κ1) is 11.6. The third-order valence-corrected chi connectivity index (χ3v) is 2.68. The van der Waals surface area contributed by atoms with Gasteiger partial charge in [0.25, 0.3) is 0 Å². The number of nitrogens with zero attached hydrogens (tertiary/aromatic N) is 3. The maximum Gasteiger partial charge on any atom is 0.358 e. The zero-order valence-electron chi connectivity index (χ0n) is 9.51. The number of hydrogen-bond acceptors (Lipinski definition) is 4. The second-order valence-corrected chi connectivity index (χ2v) is 4.14. The largest absolute Gasteiger partial charge is 0.476 e. The molecule has 1 aliphatic carbocycles. The van der Waals surface area contributed by atoms with E-state index in [4.69, 9.17) is 5.11 Å². The van der Waals surface area contributed by atoms with Gasteiger partial charge in [-0.2, -0.15) is 0 Å². The highest BCUT2D eigenvalue weighted by Crippen LogP contribution is 2.18. The summed E-state index contributed by atoms with van der Waals surface area (Å²) < 4.78 is 1.44. The van der Waals surface area contributed by atoms with Crippen molar-refractivity contribution >= 4 is 11.9 Å². The van der Waals surface area contributed by atoms with Crippen LogP contribution in [0.3, 0.4) is 0 Å². The summed E-state index contributed by atoms with van der Waals surface area (Å²) in [5.74, 6) is -1.13. The Kier molecular flexibility index (Phi) is 3.08. The van der Waals surface area contributed by atoms with Crippen molar-refractivity contribution in [3.63, 3.8) is 0 Å². The third kappa shape index (κ3) is 2.80. The fourth-order valence-electron chi connectivity index (χ4n) is 1.51. The second-order valence-electron chi connectivity index (χ2n) is 4.14. The fraction of sp³-hybridized carbons (Fsp3) is 0.600. The number of hydrogen-bond donors (Lipinski definition) is 2. The average Bonchev–Trinajstić information content (AvgIpc) is 2.98. The average molecular weight is 238 g/mol. The summed E-state index contributed by atoms with van der Waals surface area (Å²) in [6, 6.07) is 0.342. The van der Waals surface area contributed by atoms with E-state index in [9.17, 15) is 9.59 Å². The molecule has 0 spiro atoms. The molecule has 2 rings (SSSR count). The molecule has 0 unspecified atom stereocenters. The lowest BCUT2D eigenvalue weighted by Gasteiger charge is -2.04. The van der Waals surface area contributed by atoms with Crippen molar-refractivity contribution in [3.05, 3.63) is 11.4 Å². The molecule has 1 aromatic heterocycles. The van der Waals surface area contributed by atoms with E-state index in [1.807, 2.05) is 0 Å². The molecule has 0 aliphatic heterocycles. The Morgan fingerprint density at radius 1 is 1.53 bits per heavy atom. The summed E-state index contributed by atoms with van der Waals surface area (Å²) >= 11 is 0. The smallest absolute Gasteiger partial charge is 0.358 e. The van der Waals surface area contributed by atoms with Gasteiger partial charge < -0.3 is 10.4 Å². The molecule has 1 saturated carbocycles. The van der Waals surface area contributed by atoms with Crippen molar-refractivity contribution in [1.82, 2.24) is 20.3 Å². The van der Waals surface area contributed by atoms with Crippen molar-refractivity contribution in [1.29, 1.82) is 0 Å². The number of carbonyl (C=O) groups excluding carboxylic acids is 1. The first-order valence-electron chi connectivity index (χ1n) is 5.50. The van der Waals surface area contributed by atoms with E-state index in [0.29, 0.717) is 24.7 Å². The Morgan fingerprint density at radius 2 is 2.24 bits per heavy atom. The lowest BCUT2D eigenvalue weighted by Crippen LogP contribution is -2.26. The maximum atomic E-state index is 11.4. The molecule has 0 aromatic carbocycles. The molecule has 7 nitrogen and oxygen atoms in total. The molecule has 1 aliphatic rings. The molecule has 0 bridgehead atoms. The van der Waals surface area contributed by atoms with E-state index < -0.39 is 5.97 Å². The van der Waals surface area contributed by atoms with E-state index in [2.05, 4.69) is 15.6 Å². The SMILES string of the molecule is Cc1c(C(=O)O)nnn1CCC(=O)NC1CC1. The number of carbonyl (C=O) groups is 2. The Hall–Kier alpha value is -1.92. The number of nitrogens with one attached hydrogen (secondary N) is 1. The quantitative estimate of drug-likeness (QED) is 0.749. The highest BCUT2D eigenvalue weighted by molar-refractivity contribution is 5.86. The first-order valence-corrected chi connectivity index (χ1v) is 5.50. The zero-order chi connectivity index (χ0) is 12.4. The van der Waals surface area contributed by atoms with Crippen LogP contribution in [0.4, 0.5) is 0 Å². The standard InChI is InChI=1S/C10H14N4O3/c1-6-9(10(16)17)12-13-14(6)5-4-8(15)11-7-2-3-7/h7H,2-5H2,1H3,(H,11,15)(H,16,17). The Bertz CT molecular complexity index is 450. The van der Waals surface area contributed by atoms with Crippen LogP contribution in [0.5, 0.6) is 0 Å². The molecule has 92 valence electrons. The van der Waals surface area contributed by atoms with Crippen LogP contribution in [0, 0.1) is 6.92 Å². The predicted molar refractivity (Wildman–Crippen MR) is 57.5 cm³/mol. The number of carboxylic acids is 1. The minimum atomic E-state index is -1.10. The zero-order valence-corrected chi connectivity index (χ0v) is 9.51. The predicted octanol–water partition coefficient (Wildman–Crippen LogP) is -0.0466. The fourth-order valence-corrected chi connectivity index (χ4v) is 1.51. The summed E-state index contributed by atoms with van der Waals surface area (Å²) in [5, 5.41) is 18.9. The molecule has 1 amide bonds. The molecule has 2 N–H and O–H groups in total. The molecule has 0 atom stereocenters. The lowest BCUT2D eigenvalue weighted by molar-refractivity contribution is -0.121. The second kappa shape index (κ2) is 4.52. The lowest BCUT2D eigenvalue weighted by atomic mass is 10.3. The van der Waals surface area contributed by atoms with Crippen molar-refractivity contribution < 1.29 is 14.7 Å². The van der Waals surface area contributed by atoms with Gasteiger partial charge >= 0.3 is 5.97 Å². The van der Waals surface area contributed by atoms with Crippen molar-refractivity contribution in [2.45, 2.75) is 38.8 Å². The minimum absolute atomic E-state index is 0.0284. The summed E-state index contributed by atoms with van der Waals surface area (Å²) in [4.78, 5) is 22.2. The van der Waals surface area contributed by atoms with Gasteiger partial charge in [0.1, 0.15) is 0 Å². The van der Waals surface area contributed by atoms with E-state index in [1.165, 1.54) is 4.68 Å². The molecule has 0 saturated heterocycles. The molecule has 1 fully saturated rings. The van der Waals surface area contributed by atoms with E-state index in [0.717, 1.165) is 12.8 Å². The number of amides is 1. The van der Waals surface area contributed by atoms with Crippen LogP contribution in [0.25, 0.3) is 0 Å². The first-order chi connectivity index (χ1) is 8.08. The monoisotopic (exact) mass is 238 g/mol. The topological polar surface area (TPSA) is 97.1 Å². The molecule has 0 radical (unpaired) electrons. The summed E-state index contributed by atoms with van der Waals surface area (Å²) in [6.07, 6.45) is 2.40. The van der Waals surface area contributed by atoms with Crippen molar-refractivity contribution in [2.24, 2.45) is 0 Å². The normalized spacial score (nSPS) is 14.6. The van der Waals surface area contributed by atoms with Crippen LogP contribution in [0.15, 0.2) is 0 Å². The van der Waals surface area contributed by atoms with E-state index in [-0.39, 0.29) is 11.6 Å². The number of aromatic carboxylic acids is 1. The van der Waals surface area contributed by atoms with Crippen LogP contribution in [0.1, 0.15) is 35.4 Å². The van der Waals surface area contributed by atoms with Gasteiger partial charge in [-0.15, -0.1) is 5.10 Å². The van der Waals surface area contributed by atoms with E-state index >= 15 is 0 Å². The van der Waals surface area contributed by atoms with Gasteiger partial charge in [-0.1, -0.05) is 5.21 Å². The summed E-state index contributed by atoms with van der Waals surface area (Å²) in [5.41, 5.74) is 0.407. The molecular formula is C10H14N4O3. The molecule has 17 heavy (non-hydrogen) atoms. The van der Waals surface area contributed by atoms with Crippen LogP contribution in [0.2, 0.25) is 0 Å². The van der Waals surface area contributed by atoms with Crippen LogP contribution < -0.4 is 5.32 Å². The van der Waals surface area contributed by atoms with Crippen LogP contribution in [-0.2, 0) is 11.3 Å². The third-order valence-electron chi connectivity index (χ3n) is 2.68. The molecule has 7 heteroatoms. The van der Waals surface area contributed by atoms with Crippen LogP contribution >= 0.6 is 0 Å². The van der Waals surface area contributed by atoms with Gasteiger partial charge in [0.05, 0.1) is 12.2 Å². The van der Waals surface area contributed by atoms with Gasteiger partial charge in [-0.3, -0.25) is 4.79 Å². The molecular weight excluding hydrogens is 224 g/mol. The van der Waals surface area contributed by atoms with Crippen molar-refractivity contribution in [2.75, 3.05) is 0 Å². The van der Waals surface area contributed by atoms with Gasteiger partial charge in [-0.05, 0) is 19.8 Å². The minimum Gasteiger partial charge on any atom is -0.476 e. The number of aromatic nitrogens is 3. The summed E-state index contributed by atoms with van der Waals surface area (Å²) in [7, 11) is 0. The molecule has 1 aromatic rings. The Balaban J connectivity index is 1.89. The van der Waals surface area contributed by atoms with Crippen LogP contribution in [-0.4, -0.2) is 38.0 Å². The number of aryl methyl sites for hydroxylation is 1. The Labute approximate surface area is 97.8 Å². The summed E-state index contributed by atoms with van der Waals surface area (Å²) in [6.45, 7) is 1.98. The van der Waals surface area contributed by atoms with Gasteiger partial charge in [0.2, 0.25) is 5.91 Å². The highest BCUT2D eigenvalue weighted by Gasteiger charge is 2.23. The van der Waals surface area contributed by atoms with Gasteiger partial charge in [0, 0.05) is 12.5 Å². The van der Waals surface area contributed by atoms with Crippen molar-refractivity contribution in [3.8, 4) is 0 Å².